The Labute approximate surface area is 102 Å². The van der Waals surface area contributed by atoms with Gasteiger partial charge >= 0.3 is 0 Å². The Balaban J connectivity index is 4.17. The highest BCUT2D eigenvalue weighted by molar-refractivity contribution is 4.78. The zero-order valence-corrected chi connectivity index (χ0v) is 11.9. The highest BCUT2D eigenvalue weighted by Gasteiger charge is 2.22. The summed E-state index contributed by atoms with van der Waals surface area (Å²) < 4.78 is 5.22. The molecule has 0 amide bonds. The van der Waals surface area contributed by atoms with Gasteiger partial charge in [-0.25, -0.2) is 0 Å². The fraction of sp³-hybridized carbons (Fsp3) is 1.00. The molecule has 0 bridgehead atoms. The number of methoxy groups -OCH3 is 1. The minimum atomic E-state index is 0.473. The predicted octanol–water partition coefficient (Wildman–Crippen LogP) is 1.98. The SMILES string of the molecule is CCCNCC(C(C)C)N(C)C(C)COC. The summed E-state index contributed by atoms with van der Waals surface area (Å²) >= 11 is 0. The average molecular weight is 230 g/mol. The minimum Gasteiger partial charge on any atom is -0.383 e. The van der Waals surface area contributed by atoms with Crippen LogP contribution in [0.4, 0.5) is 0 Å². The zero-order chi connectivity index (χ0) is 12.6. The van der Waals surface area contributed by atoms with Crippen LogP contribution in [0.3, 0.4) is 0 Å². The summed E-state index contributed by atoms with van der Waals surface area (Å²) in [7, 11) is 3.96. The summed E-state index contributed by atoms with van der Waals surface area (Å²) in [4.78, 5) is 2.43. The van der Waals surface area contributed by atoms with Crippen molar-refractivity contribution in [3.63, 3.8) is 0 Å². The van der Waals surface area contributed by atoms with Crippen LogP contribution in [0, 0.1) is 5.92 Å². The van der Waals surface area contributed by atoms with E-state index in [9.17, 15) is 0 Å². The second-order valence-electron chi connectivity index (χ2n) is 4.99. The maximum atomic E-state index is 5.22. The lowest BCUT2D eigenvalue weighted by atomic mass is 10.0. The molecule has 98 valence electrons. The molecule has 0 aromatic rings. The molecule has 2 unspecified atom stereocenters. The monoisotopic (exact) mass is 230 g/mol. The van der Waals surface area contributed by atoms with Crippen molar-refractivity contribution in [3.05, 3.63) is 0 Å². The Hall–Kier alpha value is -0.120. The van der Waals surface area contributed by atoms with Gasteiger partial charge in [-0.05, 0) is 32.9 Å². The van der Waals surface area contributed by atoms with Gasteiger partial charge in [0.25, 0.3) is 0 Å². The molecule has 0 aliphatic rings. The lowest BCUT2D eigenvalue weighted by molar-refractivity contribution is 0.0730. The molecule has 0 rings (SSSR count). The fourth-order valence-electron chi connectivity index (χ4n) is 1.96. The van der Waals surface area contributed by atoms with E-state index in [-0.39, 0.29) is 0 Å². The van der Waals surface area contributed by atoms with Crippen molar-refractivity contribution in [1.29, 1.82) is 0 Å². The third kappa shape index (κ3) is 5.83. The Morgan fingerprint density at radius 2 is 1.88 bits per heavy atom. The quantitative estimate of drug-likeness (QED) is 0.613. The molecule has 0 radical (unpaired) electrons. The second kappa shape index (κ2) is 8.97. The molecule has 0 aromatic heterocycles. The largest absolute Gasteiger partial charge is 0.383 e. The van der Waals surface area contributed by atoms with Crippen LogP contribution in [-0.4, -0.2) is 50.8 Å². The molecular weight excluding hydrogens is 200 g/mol. The maximum absolute atomic E-state index is 5.22. The van der Waals surface area contributed by atoms with Crippen LogP contribution >= 0.6 is 0 Å². The first kappa shape index (κ1) is 15.9. The van der Waals surface area contributed by atoms with Crippen LogP contribution in [0.2, 0.25) is 0 Å². The van der Waals surface area contributed by atoms with Crippen molar-refractivity contribution in [1.82, 2.24) is 10.2 Å². The van der Waals surface area contributed by atoms with Crippen LogP contribution in [0.1, 0.15) is 34.1 Å². The van der Waals surface area contributed by atoms with Gasteiger partial charge in [0.05, 0.1) is 6.61 Å². The Bertz CT molecular complexity index is 162. The number of hydrogen-bond donors (Lipinski definition) is 1. The Morgan fingerprint density at radius 3 is 2.31 bits per heavy atom. The summed E-state index contributed by atoms with van der Waals surface area (Å²) in [6.45, 7) is 12.0. The summed E-state index contributed by atoms with van der Waals surface area (Å²) in [6.07, 6.45) is 1.20. The van der Waals surface area contributed by atoms with E-state index < -0.39 is 0 Å². The summed E-state index contributed by atoms with van der Waals surface area (Å²) in [5.41, 5.74) is 0. The van der Waals surface area contributed by atoms with Gasteiger partial charge in [-0.3, -0.25) is 4.90 Å². The van der Waals surface area contributed by atoms with E-state index in [1.807, 2.05) is 0 Å². The molecule has 0 saturated heterocycles. The number of hydrogen-bond acceptors (Lipinski definition) is 3. The standard InChI is InChI=1S/C13H30N2O/c1-7-8-14-9-13(11(2)3)15(5)12(4)10-16-6/h11-14H,7-10H2,1-6H3. The van der Waals surface area contributed by atoms with E-state index in [0.29, 0.717) is 18.0 Å². The highest BCUT2D eigenvalue weighted by Crippen LogP contribution is 2.11. The normalized spacial score (nSPS) is 15.8. The van der Waals surface area contributed by atoms with Crippen LogP contribution in [-0.2, 0) is 4.74 Å². The van der Waals surface area contributed by atoms with E-state index >= 15 is 0 Å². The van der Waals surface area contributed by atoms with Gasteiger partial charge in [0.1, 0.15) is 0 Å². The van der Waals surface area contributed by atoms with Gasteiger partial charge in [-0.15, -0.1) is 0 Å². The predicted molar refractivity (Wildman–Crippen MR) is 70.9 cm³/mol. The van der Waals surface area contributed by atoms with E-state index in [2.05, 4.69) is 45.0 Å². The molecule has 3 heteroatoms. The van der Waals surface area contributed by atoms with Gasteiger partial charge in [0.2, 0.25) is 0 Å². The summed E-state index contributed by atoms with van der Waals surface area (Å²) in [5, 5.41) is 3.51. The Kier molecular flexibility index (Phi) is 8.90. The third-order valence-corrected chi connectivity index (χ3v) is 3.18. The molecular formula is C13H30N2O. The number of nitrogens with zero attached hydrogens (tertiary/aromatic N) is 1. The first-order chi connectivity index (χ1) is 7.54. The summed E-state index contributed by atoms with van der Waals surface area (Å²) in [5.74, 6) is 0.661. The van der Waals surface area contributed by atoms with E-state index in [4.69, 9.17) is 4.74 Å². The zero-order valence-electron chi connectivity index (χ0n) is 11.9. The lowest BCUT2D eigenvalue weighted by Crippen LogP contribution is -2.48. The molecule has 1 N–H and O–H groups in total. The maximum Gasteiger partial charge on any atom is 0.0615 e. The van der Waals surface area contributed by atoms with Crippen molar-refractivity contribution in [2.75, 3.05) is 33.9 Å². The van der Waals surface area contributed by atoms with Crippen LogP contribution in [0.5, 0.6) is 0 Å². The van der Waals surface area contributed by atoms with Crippen molar-refractivity contribution in [2.24, 2.45) is 5.92 Å². The molecule has 0 aromatic carbocycles. The van der Waals surface area contributed by atoms with Crippen LogP contribution < -0.4 is 5.32 Å². The smallest absolute Gasteiger partial charge is 0.0615 e. The number of nitrogens with one attached hydrogen (secondary N) is 1. The molecule has 0 saturated carbocycles. The lowest BCUT2D eigenvalue weighted by Gasteiger charge is -2.35. The third-order valence-electron chi connectivity index (χ3n) is 3.18. The molecule has 0 aliphatic heterocycles. The minimum absolute atomic E-state index is 0.473. The molecule has 0 fully saturated rings. The molecule has 16 heavy (non-hydrogen) atoms. The van der Waals surface area contributed by atoms with E-state index in [1.54, 1.807) is 7.11 Å². The van der Waals surface area contributed by atoms with Crippen molar-refractivity contribution >= 4 is 0 Å². The van der Waals surface area contributed by atoms with Gasteiger partial charge in [-0.2, -0.15) is 0 Å². The molecule has 0 heterocycles. The molecule has 0 spiro atoms. The molecule has 3 nitrogen and oxygen atoms in total. The fourth-order valence-corrected chi connectivity index (χ4v) is 1.96. The average Bonchev–Trinajstić information content (AvgIpc) is 2.23. The highest BCUT2D eigenvalue weighted by atomic mass is 16.5. The van der Waals surface area contributed by atoms with Crippen LogP contribution in [0.25, 0.3) is 0 Å². The van der Waals surface area contributed by atoms with Crippen molar-refractivity contribution in [2.45, 2.75) is 46.2 Å². The number of ether oxygens (including phenoxy) is 1. The van der Waals surface area contributed by atoms with E-state index in [1.165, 1.54) is 6.42 Å². The first-order valence-electron chi connectivity index (χ1n) is 6.46. The van der Waals surface area contributed by atoms with Crippen molar-refractivity contribution in [3.8, 4) is 0 Å². The van der Waals surface area contributed by atoms with Gasteiger partial charge in [0.15, 0.2) is 0 Å². The number of rotatable bonds is 9. The number of likely N-dealkylation sites (N-methyl/N-ethyl adjacent to an activating group) is 1. The Morgan fingerprint density at radius 1 is 1.25 bits per heavy atom. The topological polar surface area (TPSA) is 24.5 Å². The first-order valence-corrected chi connectivity index (χ1v) is 6.46. The van der Waals surface area contributed by atoms with Crippen molar-refractivity contribution < 1.29 is 4.74 Å². The van der Waals surface area contributed by atoms with Gasteiger partial charge in [-0.1, -0.05) is 20.8 Å². The molecule has 2 atom stereocenters. The van der Waals surface area contributed by atoms with E-state index in [0.717, 1.165) is 19.7 Å². The second-order valence-corrected chi connectivity index (χ2v) is 4.99. The van der Waals surface area contributed by atoms with Gasteiger partial charge < -0.3 is 10.1 Å². The molecule has 0 aliphatic carbocycles. The summed E-state index contributed by atoms with van der Waals surface area (Å²) in [6, 6.07) is 1.05. The van der Waals surface area contributed by atoms with Gasteiger partial charge in [0, 0.05) is 25.7 Å². The van der Waals surface area contributed by atoms with Crippen LogP contribution in [0.15, 0.2) is 0 Å².